The first-order valence-electron chi connectivity index (χ1n) is 12.1. The fourth-order valence-corrected chi connectivity index (χ4v) is 4.85. The van der Waals surface area contributed by atoms with Crippen LogP contribution in [0.3, 0.4) is 0 Å². The Bertz CT molecular complexity index is 1560. The van der Waals surface area contributed by atoms with Gasteiger partial charge in [0.25, 0.3) is 0 Å². The minimum Gasteiger partial charge on any atom is -0.352 e. The number of nitrogens with zero attached hydrogens (tertiary/aromatic N) is 9. The third-order valence-corrected chi connectivity index (χ3v) is 6.98. The van der Waals surface area contributed by atoms with Crippen molar-refractivity contribution in [1.82, 2.24) is 45.0 Å². The summed E-state index contributed by atoms with van der Waals surface area (Å²) in [6.45, 7) is 5.43. The van der Waals surface area contributed by atoms with Crippen LogP contribution in [0.1, 0.15) is 0 Å². The van der Waals surface area contributed by atoms with Crippen molar-refractivity contribution in [3.8, 4) is 22.8 Å². The summed E-state index contributed by atoms with van der Waals surface area (Å²) in [6.07, 6.45) is 7.14. The zero-order valence-electron chi connectivity index (χ0n) is 19.9. The monoisotopic (exact) mass is 482 g/mol. The predicted octanol–water partition coefficient (Wildman–Crippen LogP) is 1.25. The van der Waals surface area contributed by atoms with Gasteiger partial charge in [0.05, 0.1) is 29.0 Å². The molecule has 2 aliphatic rings. The van der Waals surface area contributed by atoms with Crippen molar-refractivity contribution in [3.63, 3.8) is 0 Å². The maximum Gasteiger partial charge on any atom is 0.159 e. The maximum atomic E-state index is 5.94. The van der Waals surface area contributed by atoms with Crippen LogP contribution in [0.25, 0.3) is 44.8 Å². The van der Waals surface area contributed by atoms with Crippen molar-refractivity contribution in [1.29, 1.82) is 0 Å². The first kappa shape index (κ1) is 21.1. The number of H-pyrrole nitrogens is 2. The van der Waals surface area contributed by atoms with E-state index in [2.05, 4.69) is 51.9 Å². The summed E-state index contributed by atoms with van der Waals surface area (Å²) in [5.74, 6) is 2.40. The fraction of sp³-hybridized carbons (Fsp3) is 0.333. The van der Waals surface area contributed by atoms with Gasteiger partial charge in [0, 0.05) is 63.3 Å². The smallest absolute Gasteiger partial charge is 0.159 e. The number of hydrogen-bond donors (Lipinski definition) is 3. The fourth-order valence-electron chi connectivity index (χ4n) is 4.85. The van der Waals surface area contributed by atoms with Crippen molar-refractivity contribution in [2.45, 2.75) is 6.04 Å². The van der Waals surface area contributed by atoms with Gasteiger partial charge in [-0.1, -0.05) is 0 Å². The van der Waals surface area contributed by atoms with E-state index in [4.69, 9.17) is 15.7 Å². The van der Waals surface area contributed by atoms with Crippen LogP contribution in [-0.2, 0) is 0 Å². The molecule has 0 unspecified atom stereocenters. The SMILES string of the molecule is CN1CCN(c2nccc3[nH]c(-c4n[nH]c5ncc(-c6cncc(N7CC(N)C7)n6)cc45)nc23)CC1. The number of nitrogens with two attached hydrogens (primary N) is 1. The van der Waals surface area contributed by atoms with Crippen LogP contribution in [0.2, 0.25) is 0 Å². The summed E-state index contributed by atoms with van der Waals surface area (Å²) in [5, 5.41) is 8.44. The third-order valence-electron chi connectivity index (χ3n) is 6.98. The van der Waals surface area contributed by atoms with E-state index < -0.39 is 0 Å². The van der Waals surface area contributed by atoms with Crippen LogP contribution in [0.5, 0.6) is 0 Å². The van der Waals surface area contributed by atoms with E-state index >= 15 is 0 Å². The molecule has 182 valence electrons. The van der Waals surface area contributed by atoms with Gasteiger partial charge >= 0.3 is 0 Å². The number of nitrogens with one attached hydrogen (secondary N) is 2. The van der Waals surface area contributed by atoms with Crippen molar-refractivity contribution in [2.24, 2.45) is 5.73 Å². The highest BCUT2D eigenvalue weighted by Crippen LogP contribution is 2.31. The summed E-state index contributed by atoms with van der Waals surface area (Å²) < 4.78 is 0. The second-order valence-electron chi connectivity index (χ2n) is 9.53. The van der Waals surface area contributed by atoms with Crippen molar-refractivity contribution < 1.29 is 0 Å². The second kappa shape index (κ2) is 8.21. The van der Waals surface area contributed by atoms with E-state index in [1.54, 1.807) is 18.6 Å². The van der Waals surface area contributed by atoms with Gasteiger partial charge in [-0.05, 0) is 19.2 Å². The largest absolute Gasteiger partial charge is 0.352 e. The Kier molecular flexibility index (Phi) is 4.82. The zero-order valence-corrected chi connectivity index (χ0v) is 19.9. The lowest BCUT2D eigenvalue weighted by Crippen LogP contribution is -2.56. The van der Waals surface area contributed by atoms with Crippen LogP contribution in [0, 0.1) is 0 Å². The molecule has 0 spiro atoms. The zero-order chi connectivity index (χ0) is 24.2. The first-order chi connectivity index (χ1) is 17.6. The molecule has 2 saturated heterocycles. The van der Waals surface area contributed by atoms with Gasteiger partial charge < -0.3 is 25.4 Å². The lowest BCUT2D eigenvalue weighted by Gasteiger charge is -2.37. The van der Waals surface area contributed by atoms with Gasteiger partial charge in [-0.2, -0.15) is 5.10 Å². The number of anilines is 2. The number of pyridine rings is 2. The average Bonchev–Trinajstić information content (AvgIpc) is 3.51. The Labute approximate surface area is 206 Å². The highest BCUT2D eigenvalue weighted by atomic mass is 15.3. The topological polar surface area (TPSA) is 145 Å². The summed E-state index contributed by atoms with van der Waals surface area (Å²) >= 11 is 0. The van der Waals surface area contributed by atoms with Crippen LogP contribution in [0.15, 0.2) is 36.9 Å². The molecular formula is C24H26N12. The molecule has 0 aliphatic carbocycles. The van der Waals surface area contributed by atoms with E-state index in [-0.39, 0.29) is 6.04 Å². The Balaban J connectivity index is 1.26. The molecule has 5 aromatic heterocycles. The Morgan fingerprint density at radius 1 is 1.00 bits per heavy atom. The molecule has 0 bridgehead atoms. The highest BCUT2D eigenvalue weighted by Gasteiger charge is 2.25. The Hall–Kier alpha value is -4.16. The number of aromatic amines is 2. The molecule has 0 amide bonds. The minimum absolute atomic E-state index is 0.192. The Morgan fingerprint density at radius 3 is 2.69 bits per heavy atom. The van der Waals surface area contributed by atoms with Crippen LogP contribution >= 0.6 is 0 Å². The molecule has 0 saturated carbocycles. The van der Waals surface area contributed by atoms with Gasteiger partial charge in [-0.15, -0.1) is 0 Å². The molecular weight excluding hydrogens is 456 g/mol. The van der Waals surface area contributed by atoms with Gasteiger partial charge in [0.15, 0.2) is 17.3 Å². The Morgan fingerprint density at radius 2 is 1.86 bits per heavy atom. The summed E-state index contributed by atoms with van der Waals surface area (Å²) in [5.41, 5.74) is 10.7. The van der Waals surface area contributed by atoms with Crippen LogP contribution in [-0.4, -0.2) is 97.4 Å². The van der Waals surface area contributed by atoms with E-state index in [1.165, 1.54) is 0 Å². The molecule has 0 aromatic carbocycles. The maximum absolute atomic E-state index is 5.94. The van der Waals surface area contributed by atoms with E-state index in [1.807, 2.05) is 18.3 Å². The lowest BCUT2D eigenvalue weighted by molar-refractivity contribution is 0.312. The molecule has 12 heteroatoms. The molecule has 0 radical (unpaired) electrons. The molecule has 4 N–H and O–H groups in total. The number of imidazole rings is 1. The first-order valence-corrected chi connectivity index (χ1v) is 12.1. The van der Waals surface area contributed by atoms with Gasteiger partial charge in [-0.3, -0.25) is 10.1 Å². The molecule has 2 aliphatic heterocycles. The van der Waals surface area contributed by atoms with Crippen molar-refractivity contribution in [2.75, 3.05) is 56.1 Å². The summed E-state index contributed by atoms with van der Waals surface area (Å²) in [6, 6.07) is 4.17. The number of rotatable bonds is 4. The molecule has 7 heterocycles. The normalized spacial score (nSPS) is 17.3. The van der Waals surface area contributed by atoms with Gasteiger partial charge in [-0.25, -0.2) is 19.9 Å². The quantitative estimate of drug-likeness (QED) is 0.342. The molecule has 12 nitrogen and oxygen atoms in total. The minimum atomic E-state index is 0.192. The standard InChI is InChI=1S/C24H26N12/c1-34-4-6-35(7-5-34)24-21-17(2-3-27-24)30-23(31-21)20-16-8-14(9-28-22(16)33-32-20)18-10-26-11-19(29-18)36-12-15(25)13-36/h2-3,8-11,15H,4-7,12-13,25H2,1H3,(H,30,31)(H,28,32,33). The average molecular weight is 483 g/mol. The number of hydrogen-bond acceptors (Lipinski definition) is 10. The van der Waals surface area contributed by atoms with E-state index in [0.717, 1.165) is 78.6 Å². The van der Waals surface area contributed by atoms with Gasteiger partial charge in [0.2, 0.25) is 0 Å². The summed E-state index contributed by atoms with van der Waals surface area (Å²) in [7, 11) is 2.14. The molecule has 36 heavy (non-hydrogen) atoms. The van der Waals surface area contributed by atoms with Crippen LogP contribution in [0.4, 0.5) is 11.6 Å². The predicted molar refractivity (Wildman–Crippen MR) is 138 cm³/mol. The number of likely N-dealkylation sites (N-methyl/N-ethyl adjacent to an activating group) is 1. The number of aromatic nitrogens is 8. The van der Waals surface area contributed by atoms with Crippen molar-refractivity contribution in [3.05, 3.63) is 36.9 Å². The summed E-state index contributed by atoms with van der Waals surface area (Å²) in [4.78, 5) is 33.6. The second-order valence-corrected chi connectivity index (χ2v) is 9.53. The number of piperazine rings is 1. The van der Waals surface area contributed by atoms with Crippen LogP contribution < -0.4 is 15.5 Å². The molecule has 0 atom stereocenters. The third kappa shape index (κ3) is 3.53. The van der Waals surface area contributed by atoms with Crippen molar-refractivity contribution >= 4 is 33.7 Å². The molecule has 5 aromatic rings. The van der Waals surface area contributed by atoms with E-state index in [0.29, 0.717) is 17.2 Å². The lowest BCUT2D eigenvalue weighted by atomic mass is 10.1. The van der Waals surface area contributed by atoms with Gasteiger partial charge in [0.1, 0.15) is 17.0 Å². The molecule has 7 rings (SSSR count). The molecule has 2 fully saturated rings. The number of fused-ring (bicyclic) bond motifs is 2. The van der Waals surface area contributed by atoms with E-state index in [9.17, 15) is 0 Å². The highest BCUT2D eigenvalue weighted by molar-refractivity contribution is 5.95.